The van der Waals surface area contributed by atoms with Gasteiger partial charge in [-0.1, -0.05) is 11.8 Å². The fraction of sp³-hybridized carbons (Fsp3) is 0.467. The van der Waals surface area contributed by atoms with Crippen molar-refractivity contribution in [3.8, 4) is 23.0 Å². The maximum atomic E-state index is 5.72. The second-order valence-electron chi connectivity index (χ2n) is 5.01. The number of hydrogen-bond acceptors (Lipinski definition) is 7. The van der Waals surface area contributed by atoms with Gasteiger partial charge in [-0.3, -0.25) is 0 Å². The van der Waals surface area contributed by atoms with Crippen LogP contribution in [0.15, 0.2) is 27.8 Å². The molecular weight excluding hydrogens is 304 g/mol. The molecular formula is C15H18N2O4S. The van der Waals surface area contributed by atoms with Crippen molar-refractivity contribution in [1.29, 1.82) is 0 Å². The van der Waals surface area contributed by atoms with Gasteiger partial charge in [0, 0.05) is 17.9 Å². The van der Waals surface area contributed by atoms with Crippen LogP contribution >= 0.6 is 11.8 Å². The summed E-state index contributed by atoms with van der Waals surface area (Å²) in [6.45, 7) is 0. The Morgan fingerprint density at radius 2 is 1.86 bits per heavy atom. The summed E-state index contributed by atoms with van der Waals surface area (Å²) < 4.78 is 21.5. The van der Waals surface area contributed by atoms with Crippen molar-refractivity contribution in [2.75, 3.05) is 21.3 Å². The van der Waals surface area contributed by atoms with E-state index in [9.17, 15) is 0 Å². The van der Waals surface area contributed by atoms with Crippen molar-refractivity contribution in [2.24, 2.45) is 0 Å². The first kappa shape index (κ1) is 15.2. The third kappa shape index (κ3) is 3.05. The van der Waals surface area contributed by atoms with Crippen LogP contribution in [0.25, 0.3) is 11.5 Å². The van der Waals surface area contributed by atoms with E-state index in [1.807, 2.05) is 18.2 Å². The molecule has 3 rings (SSSR count). The van der Waals surface area contributed by atoms with Crippen LogP contribution in [0.3, 0.4) is 0 Å². The van der Waals surface area contributed by atoms with E-state index in [0.717, 1.165) is 18.4 Å². The van der Waals surface area contributed by atoms with Crippen LogP contribution in [0.4, 0.5) is 0 Å². The van der Waals surface area contributed by atoms with Crippen LogP contribution < -0.4 is 9.47 Å². The molecule has 0 atom stereocenters. The van der Waals surface area contributed by atoms with Crippen LogP contribution in [-0.2, 0) is 4.74 Å². The number of nitrogens with zero attached hydrogens (tertiary/aromatic N) is 2. The zero-order valence-electron chi connectivity index (χ0n) is 12.7. The van der Waals surface area contributed by atoms with Crippen LogP contribution in [-0.4, -0.2) is 42.9 Å². The number of aromatic nitrogens is 2. The Bertz CT molecular complexity index is 640. The molecule has 0 unspecified atom stereocenters. The van der Waals surface area contributed by atoms with Gasteiger partial charge in [-0.2, -0.15) is 0 Å². The SMILES string of the molecule is COc1ccc(-c2nnc(SC3CC(OC)C3)o2)cc1OC. The third-order valence-corrected chi connectivity index (χ3v) is 4.77. The molecule has 1 aromatic heterocycles. The van der Waals surface area contributed by atoms with Gasteiger partial charge >= 0.3 is 0 Å². The van der Waals surface area contributed by atoms with Crippen LogP contribution in [0.1, 0.15) is 12.8 Å². The number of hydrogen-bond donors (Lipinski definition) is 0. The summed E-state index contributed by atoms with van der Waals surface area (Å²) in [6, 6.07) is 5.51. The Hall–Kier alpha value is -1.73. The highest BCUT2D eigenvalue weighted by Gasteiger charge is 2.31. The topological polar surface area (TPSA) is 66.6 Å². The molecule has 1 aliphatic rings. The molecule has 0 saturated heterocycles. The summed E-state index contributed by atoms with van der Waals surface area (Å²) in [5.41, 5.74) is 0.806. The summed E-state index contributed by atoms with van der Waals surface area (Å²) in [5.74, 6) is 1.78. The van der Waals surface area contributed by atoms with E-state index in [-0.39, 0.29) is 0 Å². The van der Waals surface area contributed by atoms with E-state index in [0.29, 0.717) is 34.0 Å². The summed E-state index contributed by atoms with van der Waals surface area (Å²) in [6.07, 6.45) is 2.41. The molecule has 0 spiro atoms. The summed E-state index contributed by atoms with van der Waals surface area (Å²) in [5, 5.41) is 9.28. The van der Waals surface area contributed by atoms with Crippen molar-refractivity contribution in [1.82, 2.24) is 10.2 Å². The van der Waals surface area contributed by atoms with E-state index in [1.54, 1.807) is 33.1 Å². The van der Waals surface area contributed by atoms with Crippen molar-refractivity contribution in [3.63, 3.8) is 0 Å². The number of ether oxygens (including phenoxy) is 3. The lowest BCUT2D eigenvalue weighted by Gasteiger charge is -2.32. The predicted molar refractivity (Wildman–Crippen MR) is 82.5 cm³/mol. The first-order chi connectivity index (χ1) is 10.7. The van der Waals surface area contributed by atoms with Gasteiger partial charge in [0.15, 0.2) is 11.5 Å². The summed E-state index contributed by atoms with van der Waals surface area (Å²) in [7, 11) is 4.94. The van der Waals surface area contributed by atoms with Crippen LogP contribution in [0.2, 0.25) is 0 Å². The third-order valence-electron chi connectivity index (χ3n) is 3.69. The van der Waals surface area contributed by atoms with Gasteiger partial charge in [0.25, 0.3) is 5.22 Å². The minimum Gasteiger partial charge on any atom is -0.493 e. The molecule has 22 heavy (non-hydrogen) atoms. The van der Waals surface area contributed by atoms with E-state index in [1.165, 1.54) is 0 Å². The van der Waals surface area contributed by atoms with Crippen LogP contribution in [0.5, 0.6) is 11.5 Å². The smallest absolute Gasteiger partial charge is 0.277 e. The second kappa shape index (κ2) is 6.58. The van der Waals surface area contributed by atoms with Crippen molar-refractivity contribution < 1.29 is 18.6 Å². The molecule has 0 aliphatic heterocycles. The Morgan fingerprint density at radius 1 is 1.09 bits per heavy atom. The fourth-order valence-corrected chi connectivity index (χ4v) is 3.41. The van der Waals surface area contributed by atoms with E-state index in [2.05, 4.69) is 10.2 Å². The maximum absolute atomic E-state index is 5.72. The minimum atomic E-state index is 0.366. The molecule has 1 aliphatic carbocycles. The van der Waals surface area contributed by atoms with Gasteiger partial charge in [-0.15, -0.1) is 10.2 Å². The highest BCUT2D eigenvalue weighted by Crippen LogP contribution is 2.38. The lowest BCUT2D eigenvalue weighted by molar-refractivity contribution is 0.0455. The number of methoxy groups -OCH3 is 3. The van der Waals surface area contributed by atoms with E-state index < -0.39 is 0 Å². The average molecular weight is 322 g/mol. The van der Waals surface area contributed by atoms with Gasteiger partial charge in [0.05, 0.1) is 20.3 Å². The zero-order chi connectivity index (χ0) is 15.5. The molecule has 0 amide bonds. The number of benzene rings is 1. The summed E-state index contributed by atoms with van der Waals surface area (Å²) >= 11 is 1.61. The Balaban J connectivity index is 1.71. The Kier molecular flexibility index (Phi) is 4.54. The molecule has 1 saturated carbocycles. The summed E-state index contributed by atoms with van der Waals surface area (Å²) in [4.78, 5) is 0. The highest BCUT2D eigenvalue weighted by atomic mass is 32.2. The van der Waals surface area contributed by atoms with E-state index in [4.69, 9.17) is 18.6 Å². The van der Waals surface area contributed by atoms with Gasteiger partial charge in [-0.25, -0.2) is 0 Å². The molecule has 6 nitrogen and oxygen atoms in total. The monoisotopic (exact) mass is 322 g/mol. The number of rotatable bonds is 6. The molecule has 2 aromatic rings. The van der Waals surface area contributed by atoms with Crippen LogP contribution in [0, 0.1) is 0 Å². The normalized spacial score (nSPS) is 20.5. The lowest BCUT2D eigenvalue weighted by Crippen LogP contribution is -2.32. The highest BCUT2D eigenvalue weighted by molar-refractivity contribution is 7.99. The van der Waals surface area contributed by atoms with E-state index >= 15 is 0 Å². The lowest BCUT2D eigenvalue weighted by atomic mass is 9.95. The quantitative estimate of drug-likeness (QED) is 0.809. The standard InChI is InChI=1S/C15H18N2O4S/c1-18-10-7-11(8-10)22-15-17-16-14(21-15)9-4-5-12(19-2)13(6-9)20-3/h4-6,10-11H,7-8H2,1-3H3. The van der Waals surface area contributed by atoms with Crippen molar-refractivity contribution >= 4 is 11.8 Å². The second-order valence-corrected chi connectivity index (χ2v) is 6.26. The first-order valence-electron chi connectivity index (χ1n) is 6.99. The molecule has 0 bridgehead atoms. The first-order valence-corrected chi connectivity index (χ1v) is 7.86. The molecule has 7 heteroatoms. The molecule has 0 N–H and O–H groups in total. The van der Waals surface area contributed by atoms with Crippen molar-refractivity contribution in [2.45, 2.75) is 29.4 Å². The fourth-order valence-electron chi connectivity index (χ4n) is 2.29. The average Bonchev–Trinajstić information content (AvgIpc) is 2.98. The van der Waals surface area contributed by atoms with Gasteiger partial charge < -0.3 is 18.6 Å². The van der Waals surface area contributed by atoms with Crippen molar-refractivity contribution in [3.05, 3.63) is 18.2 Å². The largest absolute Gasteiger partial charge is 0.493 e. The van der Waals surface area contributed by atoms with Gasteiger partial charge in [0.1, 0.15) is 0 Å². The molecule has 118 valence electrons. The van der Waals surface area contributed by atoms with Gasteiger partial charge in [0.2, 0.25) is 5.89 Å². The predicted octanol–water partition coefficient (Wildman–Crippen LogP) is 3.02. The molecule has 1 fully saturated rings. The maximum Gasteiger partial charge on any atom is 0.277 e. The number of thioether (sulfide) groups is 1. The van der Waals surface area contributed by atoms with Gasteiger partial charge in [-0.05, 0) is 31.0 Å². The zero-order valence-corrected chi connectivity index (χ0v) is 13.6. The Morgan fingerprint density at radius 3 is 2.55 bits per heavy atom. The molecule has 0 radical (unpaired) electrons. The molecule has 1 heterocycles. The minimum absolute atomic E-state index is 0.366. The Labute approximate surface area is 133 Å². The molecule has 1 aromatic carbocycles.